The number of hydrogen-bond donors (Lipinski definition) is 0. The third-order valence-corrected chi connectivity index (χ3v) is 1.58. The molecule has 0 rings (SSSR count). The number of hydrogen-bond acceptors (Lipinski definition) is 1. The van der Waals surface area contributed by atoms with E-state index in [1.165, 1.54) is 0 Å². The van der Waals surface area contributed by atoms with Gasteiger partial charge in [-0.25, -0.2) is 0 Å². The summed E-state index contributed by atoms with van der Waals surface area (Å²) in [5.74, 6) is 0.432. The quantitative estimate of drug-likeness (QED) is 0.586. The van der Waals surface area contributed by atoms with E-state index in [0.717, 1.165) is 12.8 Å². The summed E-state index contributed by atoms with van der Waals surface area (Å²) in [5, 5.41) is 0. The first-order valence-electron chi connectivity index (χ1n) is 3.80. The van der Waals surface area contributed by atoms with Gasteiger partial charge < -0.3 is 4.90 Å². The summed E-state index contributed by atoms with van der Waals surface area (Å²) in [4.78, 5) is 12.8. The van der Waals surface area contributed by atoms with Gasteiger partial charge in [-0.1, -0.05) is 20.3 Å². The second kappa shape index (κ2) is 4.31. The standard InChI is InChI=1S/C8H17NO/c1-5-6-7(2)8(10)9(3)4/h7H,5-6H2,1-4H3/t7-/m0/s1. The molecule has 0 aliphatic rings. The van der Waals surface area contributed by atoms with Crippen LogP contribution in [0.15, 0.2) is 0 Å². The van der Waals surface area contributed by atoms with E-state index in [2.05, 4.69) is 6.92 Å². The number of rotatable bonds is 3. The monoisotopic (exact) mass is 143 g/mol. The van der Waals surface area contributed by atoms with Crippen molar-refractivity contribution >= 4 is 5.91 Å². The fraction of sp³-hybridized carbons (Fsp3) is 0.875. The first kappa shape index (κ1) is 9.47. The highest BCUT2D eigenvalue weighted by Crippen LogP contribution is 2.06. The number of nitrogens with zero attached hydrogens (tertiary/aromatic N) is 1. The molecule has 1 amide bonds. The maximum absolute atomic E-state index is 11.2. The van der Waals surface area contributed by atoms with Gasteiger partial charge in [0.2, 0.25) is 5.91 Å². The summed E-state index contributed by atoms with van der Waals surface area (Å²) in [6.07, 6.45) is 2.08. The van der Waals surface area contributed by atoms with Gasteiger partial charge in [0.15, 0.2) is 0 Å². The molecule has 0 aromatic heterocycles. The lowest BCUT2D eigenvalue weighted by atomic mass is 10.1. The van der Waals surface area contributed by atoms with Crippen molar-refractivity contribution in [1.29, 1.82) is 0 Å². The summed E-state index contributed by atoms with van der Waals surface area (Å²) in [5.41, 5.74) is 0. The van der Waals surface area contributed by atoms with Crippen LogP contribution in [0.3, 0.4) is 0 Å². The van der Waals surface area contributed by atoms with E-state index in [0.29, 0.717) is 0 Å². The van der Waals surface area contributed by atoms with Crippen molar-refractivity contribution in [3.63, 3.8) is 0 Å². The van der Waals surface area contributed by atoms with Crippen molar-refractivity contribution in [2.24, 2.45) is 5.92 Å². The van der Waals surface area contributed by atoms with Crippen LogP contribution in [0.1, 0.15) is 26.7 Å². The van der Waals surface area contributed by atoms with Gasteiger partial charge in [0.25, 0.3) is 0 Å². The van der Waals surface area contributed by atoms with Crippen LogP contribution >= 0.6 is 0 Å². The van der Waals surface area contributed by atoms with Crippen molar-refractivity contribution in [2.45, 2.75) is 26.7 Å². The molecule has 0 aliphatic heterocycles. The van der Waals surface area contributed by atoms with E-state index in [1.807, 2.05) is 6.92 Å². The van der Waals surface area contributed by atoms with Crippen LogP contribution in [-0.2, 0) is 4.79 Å². The molecule has 0 aromatic carbocycles. The zero-order chi connectivity index (χ0) is 8.15. The van der Waals surface area contributed by atoms with Gasteiger partial charge in [-0.05, 0) is 6.42 Å². The van der Waals surface area contributed by atoms with Gasteiger partial charge in [0.05, 0.1) is 0 Å². The minimum Gasteiger partial charge on any atom is -0.349 e. The Morgan fingerprint density at radius 2 is 2.00 bits per heavy atom. The third-order valence-electron chi connectivity index (χ3n) is 1.58. The third kappa shape index (κ3) is 2.85. The molecular weight excluding hydrogens is 126 g/mol. The van der Waals surface area contributed by atoms with Gasteiger partial charge in [-0.2, -0.15) is 0 Å². The molecule has 0 N–H and O–H groups in total. The van der Waals surface area contributed by atoms with Crippen LogP contribution in [0, 0.1) is 5.92 Å². The summed E-state index contributed by atoms with van der Waals surface area (Å²) in [6.45, 7) is 4.07. The highest BCUT2D eigenvalue weighted by Gasteiger charge is 2.12. The van der Waals surface area contributed by atoms with Gasteiger partial charge in [-0.15, -0.1) is 0 Å². The van der Waals surface area contributed by atoms with Gasteiger partial charge in [0.1, 0.15) is 0 Å². The minimum absolute atomic E-state index is 0.194. The molecule has 0 saturated carbocycles. The smallest absolute Gasteiger partial charge is 0.224 e. The molecule has 0 bridgehead atoms. The number of carbonyl (C=O) groups is 1. The normalized spacial score (nSPS) is 12.8. The fourth-order valence-electron chi connectivity index (χ4n) is 0.997. The van der Waals surface area contributed by atoms with Crippen LogP contribution < -0.4 is 0 Å². The molecule has 0 spiro atoms. The lowest BCUT2D eigenvalue weighted by molar-refractivity contribution is -0.132. The lowest BCUT2D eigenvalue weighted by Crippen LogP contribution is -2.27. The van der Waals surface area contributed by atoms with Crippen LogP contribution in [0.4, 0.5) is 0 Å². The maximum Gasteiger partial charge on any atom is 0.224 e. The fourth-order valence-corrected chi connectivity index (χ4v) is 0.997. The highest BCUT2D eigenvalue weighted by atomic mass is 16.2. The largest absolute Gasteiger partial charge is 0.349 e. The zero-order valence-corrected chi connectivity index (χ0v) is 7.35. The minimum atomic E-state index is 0.194. The molecule has 10 heavy (non-hydrogen) atoms. The molecule has 0 aromatic rings. The zero-order valence-electron chi connectivity index (χ0n) is 7.35. The van der Waals surface area contributed by atoms with E-state index < -0.39 is 0 Å². The van der Waals surface area contributed by atoms with Crippen molar-refractivity contribution in [2.75, 3.05) is 14.1 Å². The second-order valence-electron chi connectivity index (χ2n) is 2.92. The molecular formula is C8H17NO. The summed E-state index contributed by atoms with van der Waals surface area (Å²) in [7, 11) is 3.60. The molecule has 0 radical (unpaired) electrons. The maximum atomic E-state index is 11.2. The molecule has 0 unspecified atom stereocenters. The molecule has 60 valence electrons. The van der Waals surface area contributed by atoms with Crippen LogP contribution in [-0.4, -0.2) is 24.9 Å². The first-order valence-corrected chi connectivity index (χ1v) is 3.80. The van der Waals surface area contributed by atoms with E-state index in [-0.39, 0.29) is 11.8 Å². The average molecular weight is 143 g/mol. The van der Waals surface area contributed by atoms with E-state index in [9.17, 15) is 4.79 Å². The Bertz CT molecular complexity index is 110. The van der Waals surface area contributed by atoms with E-state index in [4.69, 9.17) is 0 Å². The topological polar surface area (TPSA) is 20.3 Å². The van der Waals surface area contributed by atoms with Crippen molar-refractivity contribution in [1.82, 2.24) is 4.90 Å². The van der Waals surface area contributed by atoms with Crippen molar-refractivity contribution in [3.8, 4) is 0 Å². The van der Waals surface area contributed by atoms with Crippen LogP contribution in [0.5, 0.6) is 0 Å². The summed E-state index contributed by atoms with van der Waals surface area (Å²) < 4.78 is 0. The predicted molar refractivity (Wildman–Crippen MR) is 42.8 cm³/mol. The Labute approximate surface area is 63.2 Å². The predicted octanol–water partition coefficient (Wildman–Crippen LogP) is 1.51. The molecule has 0 aliphatic carbocycles. The molecule has 0 heterocycles. The number of carbonyl (C=O) groups excluding carboxylic acids is 1. The second-order valence-corrected chi connectivity index (χ2v) is 2.92. The Morgan fingerprint density at radius 3 is 2.30 bits per heavy atom. The van der Waals surface area contributed by atoms with Crippen LogP contribution in [0.2, 0.25) is 0 Å². The summed E-state index contributed by atoms with van der Waals surface area (Å²) >= 11 is 0. The van der Waals surface area contributed by atoms with Gasteiger partial charge in [0, 0.05) is 20.0 Å². The van der Waals surface area contributed by atoms with Gasteiger partial charge in [-0.3, -0.25) is 4.79 Å². The lowest BCUT2D eigenvalue weighted by Gasteiger charge is -2.15. The Kier molecular flexibility index (Phi) is 4.08. The van der Waals surface area contributed by atoms with E-state index >= 15 is 0 Å². The Morgan fingerprint density at radius 1 is 1.50 bits per heavy atom. The molecule has 1 atom stereocenters. The summed E-state index contributed by atoms with van der Waals surface area (Å²) in [6, 6.07) is 0. The van der Waals surface area contributed by atoms with Gasteiger partial charge >= 0.3 is 0 Å². The Balaban J connectivity index is 3.71. The van der Waals surface area contributed by atoms with Crippen molar-refractivity contribution in [3.05, 3.63) is 0 Å². The molecule has 0 fully saturated rings. The average Bonchev–Trinajstić information content (AvgIpc) is 1.87. The SMILES string of the molecule is CCC[C@H](C)C(=O)N(C)C. The van der Waals surface area contributed by atoms with Crippen LogP contribution in [0.25, 0.3) is 0 Å². The Hall–Kier alpha value is -0.530. The van der Waals surface area contributed by atoms with E-state index in [1.54, 1.807) is 19.0 Å². The molecule has 2 heteroatoms. The molecule has 2 nitrogen and oxygen atoms in total. The first-order chi connectivity index (χ1) is 4.59. The van der Waals surface area contributed by atoms with Crippen molar-refractivity contribution < 1.29 is 4.79 Å². The number of amides is 1. The molecule has 0 saturated heterocycles. The highest BCUT2D eigenvalue weighted by molar-refractivity contribution is 5.77.